The lowest BCUT2D eigenvalue weighted by atomic mass is 9.99. The molecule has 1 fully saturated rings. The molecular formula is C12H22N4. The van der Waals surface area contributed by atoms with Gasteiger partial charge in [0.2, 0.25) is 0 Å². The number of hydrogen-bond acceptors (Lipinski definition) is 3. The lowest BCUT2D eigenvalue weighted by Crippen LogP contribution is -2.40. The van der Waals surface area contributed by atoms with Crippen molar-refractivity contribution in [3.8, 4) is 0 Å². The summed E-state index contributed by atoms with van der Waals surface area (Å²) in [6, 6.07) is 0.740. The first-order valence-electron chi connectivity index (χ1n) is 6.26. The molecule has 0 aromatic carbocycles. The van der Waals surface area contributed by atoms with Crippen LogP contribution in [0.3, 0.4) is 0 Å². The molecule has 1 atom stereocenters. The van der Waals surface area contributed by atoms with E-state index in [1.165, 1.54) is 37.9 Å². The largest absolute Gasteiger partial charge is 0.347 e. The fourth-order valence-corrected chi connectivity index (χ4v) is 2.50. The summed E-state index contributed by atoms with van der Waals surface area (Å²) in [6.45, 7) is 3.37. The number of likely N-dealkylation sites (tertiary alicyclic amines) is 1. The van der Waals surface area contributed by atoms with Crippen LogP contribution in [0.4, 0.5) is 0 Å². The minimum Gasteiger partial charge on any atom is -0.347 e. The zero-order valence-corrected chi connectivity index (χ0v) is 10.1. The molecule has 2 N–H and O–H groups in total. The second kappa shape index (κ2) is 6.01. The van der Waals surface area contributed by atoms with E-state index in [1.807, 2.05) is 13.2 Å². The first-order valence-corrected chi connectivity index (χ1v) is 6.26. The van der Waals surface area contributed by atoms with E-state index in [1.54, 1.807) is 6.33 Å². The first kappa shape index (κ1) is 11.6. The molecule has 1 saturated heterocycles. The third-order valence-corrected chi connectivity index (χ3v) is 3.40. The van der Waals surface area contributed by atoms with Crippen LogP contribution < -0.4 is 5.32 Å². The molecular weight excluding hydrogens is 200 g/mol. The van der Waals surface area contributed by atoms with Gasteiger partial charge in [-0.15, -0.1) is 0 Å². The molecule has 2 rings (SSSR count). The van der Waals surface area contributed by atoms with Crippen molar-refractivity contribution in [1.29, 1.82) is 0 Å². The Morgan fingerprint density at radius 2 is 2.50 bits per heavy atom. The third kappa shape index (κ3) is 3.06. The highest BCUT2D eigenvalue weighted by Gasteiger charge is 2.21. The minimum absolute atomic E-state index is 0.740. The summed E-state index contributed by atoms with van der Waals surface area (Å²) in [5, 5.41) is 3.25. The summed E-state index contributed by atoms with van der Waals surface area (Å²) < 4.78 is 0. The number of aromatic amines is 1. The van der Waals surface area contributed by atoms with E-state index in [4.69, 9.17) is 0 Å². The van der Waals surface area contributed by atoms with Gasteiger partial charge in [0, 0.05) is 24.5 Å². The zero-order chi connectivity index (χ0) is 11.2. The quantitative estimate of drug-likeness (QED) is 0.791. The number of nitrogens with one attached hydrogen (secondary N) is 2. The molecule has 1 aromatic rings. The Labute approximate surface area is 97.4 Å². The number of hydrogen-bond donors (Lipinski definition) is 2. The number of imidazole rings is 1. The first-order chi connectivity index (χ1) is 7.90. The van der Waals surface area contributed by atoms with E-state index >= 15 is 0 Å². The van der Waals surface area contributed by atoms with E-state index in [9.17, 15) is 0 Å². The number of nitrogens with zero attached hydrogens (tertiary/aromatic N) is 2. The monoisotopic (exact) mass is 222 g/mol. The van der Waals surface area contributed by atoms with E-state index in [-0.39, 0.29) is 0 Å². The van der Waals surface area contributed by atoms with Gasteiger partial charge in [0.05, 0.1) is 6.33 Å². The van der Waals surface area contributed by atoms with Gasteiger partial charge in [-0.1, -0.05) is 6.42 Å². The van der Waals surface area contributed by atoms with E-state index in [2.05, 4.69) is 20.2 Å². The predicted molar refractivity (Wildman–Crippen MR) is 65.2 cm³/mol. The Bertz CT molecular complexity index is 283. The average molecular weight is 222 g/mol. The van der Waals surface area contributed by atoms with E-state index < -0.39 is 0 Å². The van der Waals surface area contributed by atoms with Crippen molar-refractivity contribution in [3.63, 3.8) is 0 Å². The van der Waals surface area contributed by atoms with Crippen LogP contribution in [0.25, 0.3) is 0 Å². The van der Waals surface area contributed by atoms with Crippen LogP contribution in [-0.4, -0.2) is 41.0 Å². The van der Waals surface area contributed by atoms with Gasteiger partial charge in [0.1, 0.15) is 0 Å². The van der Waals surface area contributed by atoms with Crippen molar-refractivity contribution in [2.45, 2.75) is 38.3 Å². The van der Waals surface area contributed by atoms with Crippen LogP contribution in [-0.2, 0) is 6.54 Å². The smallest absolute Gasteiger partial charge is 0.0922 e. The van der Waals surface area contributed by atoms with Crippen LogP contribution in [0.1, 0.15) is 31.4 Å². The molecule has 0 radical (unpaired) electrons. The maximum absolute atomic E-state index is 4.08. The second-order valence-electron chi connectivity index (χ2n) is 4.59. The lowest BCUT2D eigenvalue weighted by molar-refractivity contribution is 0.131. The Morgan fingerprint density at radius 3 is 3.25 bits per heavy atom. The van der Waals surface area contributed by atoms with Crippen molar-refractivity contribution < 1.29 is 0 Å². The zero-order valence-electron chi connectivity index (χ0n) is 10.1. The van der Waals surface area contributed by atoms with Crippen LogP contribution in [0.2, 0.25) is 0 Å². The van der Waals surface area contributed by atoms with Gasteiger partial charge in [-0.3, -0.25) is 4.90 Å². The molecule has 1 aliphatic rings. The Balaban J connectivity index is 1.88. The molecule has 1 aliphatic heterocycles. The van der Waals surface area contributed by atoms with Gasteiger partial charge in [-0.25, -0.2) is 4.98 Å². The van der Waals surface area contributed by atoms with E-state index in [0.29, 0.717) is 0 Å². The molecule has 0 saturated carbocycles. The van der Waals surface area contributed by atoms with Gasteiger partial charge in [0.15, 0.2) is 0 Å². The molecule has 90 valence electrons. The normalized spacial score (nSPS) is 22.4. The van der Waals surface area contributed by atoms with E-state index in [0.717, 1.165) is 19.1 Å². The predicted octanol–water partition coefficient (Wildman–Crippen LogP) is 1.37. The summed E-state index contributed by atoms with van der Waals surface area (Å²) in [5.74, 6) is 0. The maximum atomic E-state index is 4.08. The molecule has 2 heterocycles. The summed E-state index contributed by atoms with van der Waals surface area (Å²) >= 11 is 0. The lowest BCUT2D eigenvalue weighted by Gasteiger charge is -2.35. The number of rotatable bonds is 5. The SMILES string of the molecule is CNCCC1CCCCN1Cc1cnc[nH]1. The Morgan fingerprint density at radius 1 is 1.56 bits per heavy atom. The number of piperidine rings is 1. The molecule has 4 nitrogen and oxygen atoms in total. The number of aromatic nitrogens is 2. The Hall–Kier alpha value is -0.870. The van der Waals surface area contributed by atoms with Gasteiger partial charge in [0.25, 0.3) is 0 Å². The summed E-state index contributed by atoms with van der Waals surface area (Å²) in [5.41, 5.74) is 1.23. The highest BCUT2D eigenvalue weighted by molar-refractivity contribution is 4.95. The van der Waals surface area contributed by atoms with Gasteiger partial charge >= 0.3 is 0 Å². The van der Waals surface area contributed by atoms with Crippen molar-refractivity contribution >= 4 is 0 Å². The molecule has 0 spiro atoms. The molecule has 0 bridgehead atoms. The van der Waals surface area contributed by atoms with Crippen molar-refractivity contribution in [2.24, 2.45) is 0 Å². The minimum atomic E-state index is 0.740. The fourth-order valence-electron chi connectivity index (χ4n) is 2.50. The highest BCUT2D eigenvalue weighted by atomic mass is 15.2. The highest BCUT2D eigenvalue weighted by Crippen LogP contribution is 2.20. The fraction of sp³-hybridized carbons (Fsp3) is 0.750. The van der Waals surface area contributed by atoms with Gasteiger partial charge < -0.3 is 10.3 Å². The summed E-state index contributed by atoms with van der Waals surface area (Å²) in [4.78, 5) is 9.86. The molecule has 0 aliphatic carbocycles. The second-order valence-corrected chi connectivity index (χ2v) is 4.59. The van der Waals surface area contributed by atoms with Crippen LogP contribution in [0.15, 0.2) is 12.5 Å². The van der Waals surface area contributed by atoms with Crippen LogP contribution in [0.5, 0.6) is 0 Å². The standard InChI is InChI=1S/C12H22N4/c1-13-6-5-12-4-2-3-7-16(12)9-11-8-14-10-15-11/h8,10,12-13H,2-7,9H2,1H3,(H,14,15). The topological polar surface area (TPSA) is 44.0 Å². The van der Waals surface area contributed by atoms with Gasteiger partial charge in [-0.2, -0.15) is 0 Å². The molecule has 16 heavy (non-hydrogen) atoms. The van der Waals surface area contributed by atoms with Crippen molar-refractivity contribution in [1.82, 2.24) is 20.2 Å². The van der Waals surface area contributed by atoms with Crippen LogP contribution >= 0.6 is 0 Å². The van der Waals surface area contributed by atoms with Crippen molar-refractivity contribution in [2.75, 3.05) is 20.1 Å². The summed E-state index contributed by atoms with van der Waals surface area (Å²) in [6.07, 6.45) is 9.02. The van der Waals surface area contributed by atoms with Crippen LogP contribution in [0, 0.1) is 0 Å². The average Bonchev–Trinajstić information content (AvgIpc) is 2.81. The molecule has 0 amide bonds. The number of H-pyrrole nitrogens is 1. The summed E-state index contributed by atoms with van der Waals surface area (Å²) in [7, 11) is 2.03. The molecule has 1 aromatic heterocycles. The Kier molecular flexibility index (Phi) is 4.36. The third-order valence-electron chi connectivity index (χ3n) is 3.40. The van der Waals surface area contributed by atoms with Crippen molar-refractivity contribution in [3.05, 3.63) is 18.2 Å². The molecule has 4 heteroatoms. The van der Waals surface area contributed by atoms with Gasteiger partial charge in [-0.05, 0) is 39.4 Å². The molecule has 1 unspecified atom stereocenters. The maximum Gasteiger partial charge on any atom is 0.0922 e.